The minimum absolute atomic E-state index is 0.116. The topological polar surface area (TPSA) is 66.4 Å². The van der Waals surface area contributed by atoms with Gasteiger partial charge in [-0.15, -0.1) is 0 Å². The summed E-state index contributed by atoms with van der Waals surface area (Å²) in [5.41, 5.74) is 0.956. The molecule has 0 aliphatic heterocycles. The maximum Gasteiger partial charge on any atom is 0.308 e. The number of carboxylic acid groups (broad SMARTS) is 1. The van der Waals surface area contributed by atoms with Crippen molar-refractivity contribution in [3.05, 3.63) is 35.9 Å². The van der Waals surface area contributed by atoms with Crippen molar-refractivity contribution < 1.29 is 14.7 Å². The molecular formula is C15H21NO3. The summed E-state index contributed by atoms with van der Waals surface area (Å²) >= 11 is 0. The monoisotopic (exact) mass is 263 g/mol. The molecule has 1 aromatic rings. The molecule has 4 nitrogen and oxygen atoms in total. The summed E-state index contributed by atoms with van der Waals surface area (Å²) < 4.78 is 0. The van der Waals surface area contributed by atoms with Crippen molar-refractivity contribution in [3.8, 4) is 0 Å². The van der Waals surface area contributed by atoms with Gasteiger partial charge in [0.15, 0.2) is 0 Å². The van der Waals surface area contributed by atoms with E-state index in [1.54, 1.807) is 6.92 Å². The molecule has 19 heavy (non-hydrogen) atoms. The standard InChI is InChI=1S/C15H21NO3/c1-10(2)13(12-7-5-4-6-8-12)14(17)16-9-11(3)15(18)19/h4-8,10-11,13H,9H2,1-3H3,(H,16,17)(H,18,19). The summed E-state index contributed by atoms with van der Waals surface area (Å²) in [7, 11) is 0. The van der Waals surface area contributed by atoms with Gasteiger partial charge in [0.05, 0.1) is 11.8 Å². The fraction of sp³-hybridized carbons (Fsp3) is 0.467. The van der Waals surface area contributed by atoms with Crippen LogP contribution in [0.5, 0.6) is 0 Å². The van der Waals surface area contributed by atoms with E-state index in [0.717, 1.165) is 5.56 Å². The average molecular weight is 263 g/mol. The lowest BCUT2D eigenvalue weighted by Gasteiger charge is -2.21. The van der Waals surface area contributed by atoms with Crippen LogP contribution in [-0.2, 0) is 9.59 Å². The van der Waals surface area contributed by atoms with Crippen LogP contribution in [-0.4, -0.2) is 23.5 Å². The van der Waals surface area contributed by atoms with E-state index in [0.29, 0.717) is 0 Å². The highest BCUT2D eigenvalue weighted by atomic mass is 16.4. The van der Waals surface area contributed by atoms with Gasteiger partial charge >= 0.3 is 5.97 Å². The summed E-state index contributed by atoms with van der Waals surface area (Å²) in [6.07, 6.45) is 0. The van der Waals surface area contributed by atoms with Crippen molar-refractivity contribution in [3.63, 3.8) is 0 Å². The van der Waals surface area contributed by atoms with Crippen molar-refractivity contribution >= 4 is 11.9 Å². The van der Waals surface area contributed by atoms with Crippen molar-refractivity contribution in [2.75, 3.05) is 6.54 Å². The van der Waals surface area contributed by atoms with Gasteiger partial charge in [0.2, 0.25) is 5.91 Å². The predicted octanol–water partition coefficient (Wildman–Crippen LogP) is 2.26. The molecular weight excluding hydrogens is 242 g/mol. The van der Waals surface area contributed by atoms with E-state index in [1.165, 1.54) is 0 Å². The maximum atomic E-state index is 12.2. The zero-order valence-electron chi connectivity index (χ0n) is 11.6. The number of aliphatic carboxylic acids is 1. The second-order valence-electron chi connectivity index (χ2n) is 5.12. The lowest BCUT2D eigenvalue weighted by atomic mass is 9.87. The highest BCUT2D eigenvalue weighted by molar-refractivity contribution is 5.84. The Morgan fingerprint density at radius 1 is 1.16 bits per heavy atom. The zero-order valence-corrected chi connectivity index (χ0v) is 11.6. The van der Waals surface area contributed by atoms with Crippen LogP contribution in [0.3, 0.4) is 0 Å². The van der Waals surface area contributed by atoms with Crippen LogP contribution in [0, 0.1) is 11.8 Å². The summed E-state index contributed by atoms with van der Waals surface area (Å²) in [6, 6.07) is 9.55. The zero-order chi connectivity index (χ0) is 14.4. The van der Waals surface area contributed by atoms with E-state index in [1.807, 2.05) is 44.2 Å². The molecule has 0 radical (unpaired) electrons. The van der Waals surface area contributed by atoms with Gasteiger partial charge in [0, 0.05) is 6.54 Å². The quantitative estimate of drug-likeness (QED) is 0.827. The Kier molecular flexibility index (Phi) is 5.55. The van der Waals surface area contributed by atoms with E-state index in [4.69, 9.17) is 5.11 Å². The van der Waals surface area contributed by atoms with Crippen LogP contribution in [0.4, 0.5) is 0 Å². The molecule has 2 N–H and O–H groups in total. The molecule has 0 heterocycles. The molecule has 4 heteroatoms. The Labute approximate surface area is 113 Å². The average Bonchev–Trinajstić information content (AvgIpc) is 2.36. The number of rotatable bonds is 6. The van der Waals surface area contributed by atoms with Gasteiger partial charge in [0.1, 0.15) is 0 Å². The number of hydrogen-bond acceptors (Lipinski definition) is 2. The molecule has 2 unspecified atom stereocenters. The maximum absolute atomic E-state index is 12.2. The molecule has 0 aliphatic rings. The molecule has 0 fully saturated rings. The van der Waals surface area contributed by atoms with Crippen LogP contribution in [0.15, 0.2) is 30.3 Å². The fourth-order valence-electron chi connectivity index (χ4n) is 1.95. The predicted molar refractivity (Wildman–Crippen MR) is 73.8 cm³/mol. The molecule has 2 atom stereocenters. The first kappa shape index (κ1) is 15.2. The highest BCUT2D eigenvalue weighted by Crippen LogP contribution is 2.24. The van der Waals surface area contributed by atoms with Crippen LogP contribution in [0.25, 0.3) is 0 Å². The molecule has 104 valence electrons. The van der Waals surface area contributed by atoms with E-state index in [-0.39, 0.29) is 24.3 Å². The van der Waals surface area contributed by atoms with Crippen molar-refractivity contribution in [1.29, 1.82) is 0 Å². The van der Waals surface area contributed by atoms with Gasteiger partial charge in [-0.25, -0.2) is 0 Å². The summed E-state index contributed by atoms with van der Waals surface area (Å²) in [6.45, 7) is 5.70. The summed E-state index contributed by atoms with van der Waals surface area (Å²) in [4.78, 5) is 22.9. The first-order chi connectivity index (χ1) is 8.93. The smallest absolute Gasteiger partial charge is 0.308 e. The molecule has 0 aliphatic carbocycles. The lowest BCUT2D eigenvalue weighted by Crippen LogP contribution is -2.36. The molecule has 1 aromatic carbocycles. The molecule has 1 amide bonds. The molecule has 0 aromatic heterocycles. The summed E-state index contributed by atoms with van der Waals surface area (Å²) in [5.74, 6) is -1.69. The van der Waals surface area contributed by atoms with E-state index < -0.39 is 11.9 Å². The number of nitrogens with one attached hydrogen (secondary N) is 1. The number of hydrogen-bond donors (Lipinski definition) is 2. The lowest BCUT2D eigenvalue weighted by molar-refractivity contribution is -0.141. The van der Waals surface area contributed by atoms with Gasteiger partial charge in [-0.05, 0) is 11.5 Å². The molecule has 0 saturated carbocycles. The molecule has 0 bridgehead atoms. The minimum atomic E-state index is -0.902. The van der Waals surface area contributed by atoms with E-state index in [9.17, 15) is 9.59 Å². The highest BCUT2D eigenvalue weighted by Gasteiger charge is 2.24. The van der Waals surface area contributed by atoms with Crippen LogP contribution in [0.1, 0.15) is 32.3 Å². The number of carbonyl (C=O) groups excluding carboxylic acids is 1. The third-order valence-electron chi connectivity index (χ3n) is 3.11. The first-order valence-electron chi connectivity index (χ1n) is 6.49. The van der Waals surface area contributed by atoms with Gasteiger partial charge in [-0.1, -0.05) is 51.1 Å². The Balaban J connectivity index is 2.73. The largest absolute Gasteiger partial charge is 0.481 e. The van der Waals surface area contributed by atoms with Crippen LogP contribution < -0.4 is 5.32 Å². The fourth-order valence-corrected chi connectivity index (χ4v) is 1.95. The van der Waals surface area contributed by atoms with Crippen molar-refractivity contribution in [1.82, 2.24) is 5.32 Å². The van der Waals surface area contributed by atoms with Gasteiger partial charge in [0.25, 0.3) is 0 Å². The number of carboxylic acids is 1. The van der Waals surface area contributed by atoms with E-state index >= 15 is 0 Å². The molecule has 0 saturated heterocycles. The second kappa shape index (κ2) is 6.92. The van der Waals surface area contributed by atoms with Crippen LogP contribution in [0.2, 0.25) is 0 Å². The van der Waals surface area contributed by atoms with Crippen molar-refractivity contribution in [2.24, 2.45) is 11.8 Å². The Morgan fingerprint density at radius 3 is 2.21 bits per heavy atom. The molecule has 0 spiro atoms. The summed E-state index contributed by atoms with van der Waals surface area (Å²) in [5, 5.41) is 11.5. The van der Waals surface area contributed by atoms with Crippen LogP contribution >= 0.6 is 0 Å². The number of benzene rings is 1. The van der Waals surface area contributed by atoms with Crippen molar-refractivity contribution in [2.45, 2.75) is 26.7 Å². The third-order valence-corrected chi connectivity index (χ3v) is 3.11. The normalized spacial score (nSPS) is 13.9. The van der Waals surface area contributed by atoms with Gasteiger partial charge in [-0.2, -0.15) is 0 Å². The third kappa shape index (κ3) is 4.39. The SMILES string of the molecule is CC(CNC(=O)C(c1ccccc1)C(C)C)C(=O)O. The van der Waals surface area contributed by atoms with E-state index in [2.05, 4.69) is 5.32 Å². The Hall–Kier alpha value is -1.84. The Morgan fingerprint density at radius 2 is 1.74 bits per heavy atom. The second-order valence-corrected chi connectivity index (χ2v) is 5.12. The van der Waals surface area contributed by atoms with Gasteiger partial charge in [-0.3, -0.25) is 9.59 Å². The van der Waals surface area contributed by atoms with Gasteiger partial charge < -0.3 is 10.4 Å². The number of carbonyl (C=O) groups is 2. The first-order valence-corrected chi connectivity index (χ1v) is 6.49. The number of amides is 1. The Bertz CT molecular complexity index is 428. The minimum Gasteiger partial charge on any atom is -0.481 e. The molecule has 1 rings (SSSR count).